The van der Waals surface area contributed by atoms with E-state index in [9.17, 15) is 9.59 Å². The second-order valence-electron chi connectivity index (χ2n) is 8.18. The topological polar surface area (TPSA) is 84.2 Å². The molecule has 0 bridgehead atoms. The van der Waals surface area contributed by atoms with E-state index in [4.69, 9.17) is 25.5 Å². The van der Waals surface area contributed by atoms with Crippen molar-refractivity contribution >= 4 is 29.2 Å². The molecule has 34 heavy (non-hydrogen) atoms. The summed E-state index contributed by atoms with van der Waals surface area (Å²) in [5.74, 6) is 1.76. The molecule has 178 valence electrons. The van der Waals surface area contributed by atoms with E-state index < -0.39 is 0 Å². The Morgan fingerprint density at radius 1 is 1.03 bits per heavy atom. The third-order valence-corrected chi connectivity index (χ3v) is 5.63. The van der Waals surface area contributed by atoms with Gasteiger partial charge >= 0.3 is 6.03 Å². The molecule has 8 nitrogen and oxygen atoms in total. The third-order valence-electron chi connectivity index (χ3n) is 5.38. The predicted octanol–water partition coefficient (Wildman–Crippen LogP) is 5.13. The smallest absolute Gasteiger partial charge is 0.322 e. The van der Waals surface area contributed by atoms with Crippen LogP contribution in [0.1, 0.15) is 25.2 Å². The van der Waals surface area contributed by atoms with Crippen molar-refractivity contribution in [2.75, 3.05) is 18.7 Å². The minimum absolute atomic E-state index is 0.0949. The van der Waals surface area contributed by atoms with Gasteiger partial charge in [-0.05, 0) is 67.9 Å². The summed E-state index contributed by atoms with van der Waals surface area (Å²) in [5, 5.41) is 3.40. The van der Waals surface area contributed by atoms with E-state index in [-0.39, 0.29) is 37.9 Å². The molecule has 0 saturated carbocycles. The van der Waals surface area contributed by atoms with Gasteiger partial charge in [-0.25, -0.2) is 4.79 Å². The number of fused-ring (bicyclic) bond motifs is 1. The van der Waals surface area contributed by atoms with E-state index in [1.807, 2.05) is 38.1 Å². The lowest BCUT2D eigenvalue weighted by Crippen LogP contribution is -2.47. The van der Waals surface area contributed by atoms with Crippen molar-refractivity contribution in [3.8, 4) is 11.5 Å². The van der Waals surface area contributed by atoms with Gasteiger partial charge in [0.25, 0.3) is 0 Å². The number of nitrogens with one attached hydrogen (secondary N) is 1. The summed E-state index contributed by atoms with van der Waals surface area (Å²) in [5.41, 5.74) is 1.48. The number of furan rings is 1. The molecule has 3 aromatic rings. The number of urea groups is 1. The fraction of sp³-hybridized carbons (Fsp3) is 0.280. The first-order valence-electron chi connectivity index (χ1n) is 10.9. The number of nitrogens with zero attached hydrogens (tertiary/aromatic N) is 2. The monoisotopic (exact) mass is 483 g/mol. The number of amides is 3. The maximum atomic E-state index is 13.4. The van der Waals surface area contributed by atoms with Crippen LogP contribution >= 0.6 is 11.6 Å². The molecule has 1 N–H and O–H groups in total. The van der Waals surface area contributed by atoms with Gasteiger partial charge in [-0.3, -0.25) is 4.79 Å². The highest BCUT2D eigenvalue weighted by Crippen LogP contribution is 2.33. The van der Waals surface area contributed by atoms with Gasteiger partial charge in [-0.15, -0.1) is 0 Å². The number of carbonyl (C=O) groups is 2. The van der Waals surface area contributed by atoms with Crippen molar-refractivity contribution in [1.29, 1.82) is 0 Å². The van der Waals surface area contributed by atoms with Crippen LogP contribution in [0.15, 0.2) is 65.3 Å². The SMILES string of the molecule is CC(C)N(CC(=O)N(Cc1ccc2c(c1)OCO2)Cc1ccco1)C(=O)Nc1ccc(Cl)cc1. The molecule has 9 heteroatoms. The first-order chi connectivity index (χ1) is 16.4. The number of hydrogen-bond acceptors (Lipinski definition) is 5. The summed E-state index contributed by atoms with van der Waals surface area (Å²) in [6, 6.07) is 15.4. The highest BCUT2D eigenvalue weighted by molar-refractivity contribution is 6.30. The third kappa shape index (κ3) is 5.82. The lowest BCUT2D eigenvalue weighted by Gasteiger charge is -2.30. The van der Waals surface area contributed by atoms with E-state index in [1.54, 1.807) is 41.5 Å². The van der Waals surface area contributed by atoms with Crippen molar-refractivity contribution in [3.05, 3.63) is 77.2 Å². The number of benzene rings is 2. The number of hydrogen-bond donors (Lipinski definition) is 1. The largest absolute Gasteiger partial charge is 0.467 e. The predicted molar refractivity (Wildman–Crippen MR) is 128 cm³/mol. The molecule has 0 radical (unpaired) electrons. The number of rotatable bonds is 8. The van der Waals surface area contributed by atoms with Crippen LogP contribution in [-0.2, 0) is 17.9 Å². The van der Waals surface area contributed by atoms with E-state index in [0.29, 0.717) is 34.5 Å². The summed E-state index contributed by atoms with van der Waals surface area (Å²) < 4.78 is 16.3. The minimum atomic E-state index is -0.369. The maximum absolute atomic E-state index is 13.4. The Kier molecular flexibility index (Phi) is 7.27. The number of carbonyl (C=O) groups excluding carboxylic acids is 2. The number of ether oxygens (including phenoxy) is 2. The fourth-order valence-corrected chi connectivity index (χ4v) is 3.67. The number of halogens is 1. The quantitative estimate of drug-likeness (QED) is 0.480. The Morgan fingerprint density at radius 2 is 1.79 bits per heavy atom. The van der Waals surface area contributed by atoms with Crippen molar-refractivity contribution < 1.29 is 23.5 Å². The molecule has 0 atom stereocenters. The Bertz CT molecular complexity index is 1130. The first kappa shape index (κ1) is 23.5. The van der Waals surface area contributed by atoms with Gasteiger partial charge in [0, 0.05) is 23.3 Å². The van der Waals surface area contributed by atoms with Gasteiger partial charge < -0.3 is 29.0 Å². The molecule has 0 unspecified atom stereocenters. The molecule has 1 aliphatic rings. The first-order valence-corrected chi connectivity index (χ1v) is 11.3. The van der Waals surface area contributed by atoms with Crippen LogP contribution in [0, 0.1) is 0 Å². The summed E-state index contributed by atoms with van der Waals surface area (Å²) in [6.45, 7) is 4.40. The fourth-order valence-electron chi connectivity index (χ4n) is 3.55. The number of anilines is 1. The van der Waals surface area contributed by atoms with E-state index in [1.165, 1.54) is 4.90 Å². The van der Waals surface area contributed by atoms with E-state index >= 15 is 0 Å². The molecule has 0 spiro atoms. The molecule has 1 aromatic heterocycles. The van der Waals surface area contributed by atoms with Crippen LogP contribution in [0.25, 0.3) is 0 Å². The van der Waals surface area contributed by atoms with E-state index in [2.05, 4.69) is 5.32 Å². The molecule has 2 aromatic carbocycles. The molecule has 0 fully saturated rings. The Hall–Kier alpha value is -3.65. The summed E-state index contributed by atoms with van der Waals surface area (Å²) in [4.78, 5) is 29.5. The standard InChI is InChI=1S/C25H26ClN3O5/c1-17(2)29(25(31)27-20-8-6-19(26)7-9-20)15-24(30)28(14-21-4-3-11-32-21)13-18-5-10-22-23(12-18)34-16-33-22/h3-12,17H,13-16H2,1-2H3,(H,27,31). The lowest BCUT2D eigenvalue weighted by atomic mass is 10.1. The zero-order valence-electron chi connectivity index (χ0n) is 19.0. The summed E-state index contributed by atoms with van der Waals surface area (Å²) in [6.07, 6.45) is 1.57. The molecule has 4 rings (SSSR count). The van der Waals surface area contributed by atoms with Crippen LogP contribution in [-0.4, -0.2) is 41.1 Å². The molecule has 3 amide bonds. The van der Waals surface area contributed by atoms with Gasteiger partial charge in [-0.1, -0.05) is 17.7 Å². The molecule has 0 aliphatic carbocycles. The zero-order valence-corrected chi connectivity index (χ0v) is 19.7. The van der Waals surface area contributed by atoms with E-state index in [0.717, 1.165) is 5.56 Å². The molecular weight excluding hydrogens is 458 g/mol. The van der Waals surface area contributed by atoms with Gasteiger partial charge in [0.15, 0.2) is 11.5 Å². The van der Waals surface area contributed by atoms with Crippen LogP contribution in [0.3, 0.4) is 0 Å². The average molecular weight is 484 g/mol. The minimum Gasteiger partial charge on any atom is -0.467 e. The normalized spacial score (nSPS) is 12.0. The van der Waals surface area contributed by atoms with Gasteiger partial charge in [0.2, 0.25) is 12.7 Å². The van der Waals surface area contributed by atoms with Crippen LogP contribution in [0.5, 0.6) is 11.5 Å². The second kappa shape index (κ2) is 10.5. The molecule has 1 aliphatic heterocycles. The van der Waals surface area contributed by atoms with Crippen molar-refractivity contribution in [2.24, 2.45) is 0 Å². The highest BCUT2D eigenvalue weighted by Gasteiger charge is 2.25. The highest BCUT2D eigenvalue weighted by atomic mass is 35.5. The zero-order chi connectivity index (χ0) is 24.1. The summed E-state index contributed by atoms with van der Waals surface area (Å²) >= 11 is 5.93. The Labute approximate surface area is 203 Å². The Morgan fingerprint density at radius 3 is 2.50 bits per heavy atom. The van der Waals surface area contributed by atoms with Gasteiger partial charge in [0.05, 0.1) is 12.8 Å². The van der Waals surface area contributed by atoms with Gasteiger partial charge in [-0.2, -0.15) is 0 Å². The van der Waals surface area contributed by atoms with Crippen LogP contribution in [0.4, 0.5) is 10.5 Å². The lowest BCUT2D eigenvalue weighted by molar-refractivity contribution is -0.133. The molecule has 0 saturated heterocycles. The van der Waals surface area contributed by atoms with Crippen molar-refractivity contribution in [3.63, 3.8) is 0 Å². The van der Waals surface area contributed by atoms with Crippen LogP contribution in [0.2, 0.25) is 5.02 Å². The van der Waals surface area contributed by atoms with Gasteiger partial charge in [0.1, 0.15) is 12.3 Å². The second-order valence-corrected chi connectivity index (χ2v) is 8.61. The summed E-state index contributed by atoms with van der Waals surface area (Å²) in [7, 11) is 0. The Balaban J connectivity index is 1.49. The maximum Gasteiger partial charge on any atom is 0.322 e. The molecule has 2 heterocycles. The van der Waals surface area contributed by atoms with Crippen LogP contribution < -0.4 is 14.8 Å². The van der Waals surface area contributed by atoms with Crippen molar-refractivity contribution in [1.82, 2.24) is 9.80 Å². The average Bonchev–Trinajstić information content (AvgIpc) is 3.49. The molecular formula is C25H26ClN3O5. The van der Waals surface area contributed by atoms with Crippen molar-refractivity contribution in [2.45, 2.75) is 33.0 Å².